The van der Waals surface area contributed by atoms with Gasteiger partial charge in [-0.05, 0) is 57.5 Å². The van der Waals surface area contributed by atoms with Crippen molar-refractivity contribution in [2.75, 3.05) is 32.7 Å². The van der Waals surface area contributed by atoms with E-state index in [1.165, 1.54) is 0 Å². The van der Waals surface area contributed by atoms with Crippen LogP contribution in [0.4, 0.5) is 4.79 Å². The van der Waals surface area contributed by atoms with Crippen molar-refractivity contribution in [1.82, 2.24) is 20.3 Å². The molecule has 1 aromatic heterocycles. The third kappa shape index (κ3) is 7.47. The smallest absolute Gasteiger partial charge is 0.410 e. The van der Waals surface area contributed by atoms with Crippen molar-refractivity contribution in [3.8, 4) is 5.75 Å². The third-order valence-corrected chi connectivity index (χ3v) is 6.85. The van der Waals surface area contributed by atoms with Gasteiger partial charge in [0.25, 0.3) is 5.91 Å². The Bertz CT molecular complexity index is 1320. The van der Waals surface area contributed by atoms with Gasteiger partial charge in [0.2, 0.25) is 0 Å². The largest absolute Gasteiger partial charge is 0.489 e. The molecule has 10 nitrogen and oxygen atoms in total. The first-order valence-corrected chi connectivity index (χ1v) is 13.4. The number of aryl methyl sites for hydroxylation is 1. The first-order valence-electron chi connectivity index (χ1n) is 13.4. The summed E-state index contributed by atoms with van der Waals surface area (Å²) in [5.74, 6) is -0.978. The van der Waals surface area contributed by atoms with E-state index in [4.69, 9.17) is 9.47 Å². The topological polar surface area (TPSA) is 124 Å². The quantitative estimate of drug-likeness (QED) is 0.286. The highest BCUT2D eigenvalue weighted by atomic mass is 16.6. The second-order valence-corrected chi connectivity index (χ2v) is 11.1. The summed E-state index contributed by atoms with van der Waals surface area (Å²) in [6.07, 6.45) is -1.52. The summed E-state index contributed by atoms with van der Waals surface area (Å²) in [7, 11) is 0. The van der Waals surface area contributed by atoms with Gasteiger partial charge in [0, 0.05) is 49.4 Å². The van der Waals surface area contributed by atoms with Crippen LogP contribution in [0.5, 0.6) is 5.75 Å². The highest BCUT2D eigenvalue weighted by Gasteiger charge is 2.32. The lowest BCUT2D eigenvalue weighted by atomic mass is 9.94. The number of hydrogen-bond acceptors (Lipinski definition) is 8. The van der Waals surface area contributed by atoms with Crippen LogP contribution in [0.25, 0.3) is 10.9 Å². The molecule has 0 spiro atoms. The predicted molar refractivity (Wildman–Crippen MR) is 150 cm³/mol. The Labute approximate surface area is 234 Å². The Morgan fingerprint density at radius 3 is 2.38 bits per heavy atom. The molecule has 10 heteroatoms. The lowest BCUT2D eigenvalue weighted by Crippen LogP contribution is -2.52. The number of aliphatic hydroxyl groups is 1. The molecule has 4 rings (SSSR count). The zero-order valence-electron chi connectivity index (χ0n) is 23.5. The molecule has 1 aliphatic heterocycles. The number of ether oxygens (including phenoxy) is 2. The standard InChI is InChI=1S/C30H38N4O6/c1-20-17-22(24-7-5-6-8-26(24)31-20)19-39-23-11-9-21(10-12-23)27(35)25(28(36)32-38)18-33-13-15-34(16-14-33)29(37)40-30(2,3)4/h5-12,17,25,27,35,38H,13-16,18-19H2,1-4H3,(H,32,36). The maximum absolute atomic E-state index is 12.5. The van der Waals surface area contributed by atoms with Crippen LogP contribution in [-0.4, -0.2) is 75.4 Å². The van der Waals surface area contributed by atoms with Gasteiger partial charge in [-0.3, -0.25) is 19.9 Å². The number of pyridine rings is 1. The molecule has 2 aromatic carbocycles. The minimum absolute atomic E-state index is 0.211. The highest BCUT2D eigenvalue weighted by molar-refractivity contribution is 5.82. The Morgan fingerprint density at radius 1 is 1.05 bits per heavy atom. The van der Waals surface area contributed by atoms with Gasteiger partial charge in [-0.2, -0.15) is 0 Å². The van der Waals surface area contributed by atoms with Crippen molar-refractivity contribution in [3.05, 3.63) is 71.4 Å². The Kier molecular flexibility index (Phi) is 9.24. The lowest BCUT2D eigenvalue weighted by Gasteiger charge is -2.37. The number of fused-ring (bicyclic) bond motifs is 1. The summed E-state index contributed by atoms with van der Waals surface area (Å²) < 4.78 is 11.5. The molecule has 3 aromatic rings. The van der Waals surface area contributed by atoms with E-state index in [-0.39, 0.29) is 12.6 Å². The summed E-state index contributed by atoms with van der Waals surface area (Å²) in [6.45, 7) is 9.89. The van der Waals surface area contributed by atoms with E-state index in [0.717, 1.165) is 22.2 Å². The van der Waals surface area contributed by atoms with Gasteiger partial charge < -0.3 is 19.5 Å². The summed E-state index contributed by atoms with van der Waals surface area (Å²) in [5.41, 5.74) is 4.49. The number of hydroxylamine groups is 1. The number of piperazine rings is 1. The van der Waals surface area contributed by atoms with Gasteiger partial charge >= 0.3 is 6.09 Å². The summed E-state index contributed by atoms with van der Waals surface area (Å²) in [6, 6.07) is 16.9. The van der Waals surface area contributed by atoms with Crippen LogP contribution in [0.15, 0.2) is 54.6 Å². The molecular formula is C30H38N4O6. The number of benzene rings is 2. The molecule has 40 heavy (non-hydrogen) atoms. The fourth-order valence-corrected chi connectivity index (χ4v) is 4.80. The predicted octanol–water partition coefficient (Wildman–Crippen LogP) is 3.83. The molecule has 3 N–H and O–H groups in total. The molecule has 2 amide bonds. The van der Waals surface area contributed by atoms with Crippen molar-refractivity contribution in [1.29, 1.82) is 0 Å². The molecule has 1 fully saturated rings. The van der Waals surface area contributed by atoms with Crippen LogP contribution in [0.2, 0.25) is 0 Å². The number of nitrogens with zero attached hydrogens (tertiary/aromatic N) is 3. The van der Waals surface area contributed by atoms with Crippen LogP contribution >= 0.6 is 0 Å². The van der Waals surface area contributed by atoms with Crippen molar-refractivity contribution in [2.24, 2.45) is 5.92 Å². The first kappa shape index (κ1) is 29.3. The summed E-state index contributed by atoms with van der Waals surface area (Å²) >= 11 is 0. The van der Waals surface area contributed by atoms with Crippen LogP contribution < -0.4 is 10.2 Å². The lowest BCUT2D eigenvalue weighted by molar-refractivity contribution is -0.138. The fraction of sp³-hybridized carbons (Fsp3) is 0.433. The Morgan fingerprint density at radius 2 is 1.73 bits per heavy atom. The molecule has 0 radical (unpaired) electrons. The van der Waals surface area contributed by atoms with Crippen LogP contribution in [0, 0.1) is 12.8 Å². The Balaban J connectivity index is 1.37. The Hall–Kier alpha value is -3.73. The molecule has 0 bridgehead atoms. The highest BCUT2D eigenvalue weighted by Crippen LogP contribution is 2.27. The normalized spacial score (nSPS) is 15.9. The van der Waals surface area contributed by atoms with Crippen LogP contribution in [-0.2, 0) is 16.1 Å². The van der Waals surface area contributed by atoms with E-state index in [0.29, 0.717) is 44.1 Å². The van der Waals surface area contributed by atoms with E-state index < -0.39 is 23.5 Å². The van der Waals surface area contributed by atoms with Crippen molar-refractivity contribution in [2.45, 2.75) is 46.0 Å². The number of nitrogens with one attached hydrogen (secondary N) is 1. The minimum atomic E-state index is -1.16. The molecular weight excluding hydrogens is 512 g/mol. The molecule has 2 heterocycles. The SMILES string of the molecule is Cc1cc(COc2ccc(C(O)C(CN3CCN(C(=O)OC(C)(C)C)CC3)C(=O)NO)cc2)c2ccccc2n1. The number of carbonyl (C=O) groups excluding carboxylic acids is 2. The zero-order chi connectivity index (χ0) is 28.9. The average Bonchev–Trinajstić information content (AvgIpc) is 2.93. The first-order chi connectivity index (χ1) is 19.0. The van der Waals surface area contributed by atoms with Crippen LogP contribution in [0.1, 0.15) is 43.7 Å². The second kappa shape index (κ2) is 12.6. The maximum Gasteiger partial charge on any atom is 0.410 e. The molecule has 0 saturated carbocycles. The van der Waals surface area contributed by atoms with Gasteiger partial charge in [-0.1, -0.05) is 30.3 Å². The van der Waals surface area contributed by atoms with Crippen LogP contribution in [0.3, 0.4) is 0 Å². The number of rotatable bonds is 8. The molecule has 214 valence electrons. The van der Waals surface area contributed by atoms with E-state index in [2.05, 4.69) is 4.98 Å². The fourth-order valence-electron chi connectivity index (χ4n) is 4.80. The van der Waals surface area contributed by atoms with E-state index in [1.54, 1.807) is 34.6 Å². The zero-order valence-corrected chi connectivity index (χ0v) is 23.5. The number of amides is 2. The van der Waals surface area contributed by atoms with E-state index >= 15 is 0 Å². The molecule has 1 aliphatic rings. The summed E-state index contributed by atoms with van der Waals surface area (Å²) in [4.78, 5) is 33.1. The number of aliphatic hydroxyl groups excluding tert-OH is 1. The molecule has 0 aliphatic carbocycles. The van der Waals surface area contributed by atoms with Gasteiger partial charge in [-0.15, -0.1) is 0 Å². The van der Waals surface area contributed by atoms with Gasteiger partial charge in [0.1, 0.15) is 18.0 Å². The van der Waals surface area contributed by atoms with Crippen molar-refractivity contribution < 1.29 is 29.4 Å². The number of aromatic nitrogens is 1. The van der Waals surface area contributed by atoms with Crippen molar-refractivity contribution >= 4 is 22.9 Å². The molecule has 1 saturated heterocycles. The second-order valence-electron chi connectivity index (χ2n) is 11.1. The third-order valence-electron chi connectivity index (χ3n) is 6.85. The van der Waals surface area contributed by atoms with Gasteiger partial charge in [-0.25, -0.2) is 10.3 Å². The summed E-state index contributed by atoms with van der Waals surface area (Å²) in [5, 5.41) is 21.5. The van der Waals surface area contributed by atoms with E-state index in [1.807, 2.05) is 62.9 Å². The van der Waals surface area contributed by atoms with Gasteiger partial charge in [0.05, 0.1) is 17.5 Å². The molecule has 2 unspecified atom stereocenters. The minimum Gasteiger partial charge on any atom is -0.489 e. The van der Waals surface area contributed by atoms with Crippen molar-refractivity contribution in [3.63, 3.8) is 0 Å². The maximum atomic E-state index is 12.5. The molecule has 2 atom stereocenters. The number of para-hydroxylation sites is 1. The average molecular weight is 551 g/mol. The number of hydrogen-bond donors (Lipinski definition) is 3. The van der Waals surface area contributed by atoms with E-state index in [9.17, 15) is 19.9 Å². The number of carbonyl (C=O) groups is 2. The van der Waals surface area contributed by atoms with Gasteiger partial charge in [0.15, 0.2) is 0 Å². The monoisotopic (exact) mass is 550 g/mol.